The molecule has 0 aliphatic heterocycles. The molecule has 0 atom stereocenters. The number of pyridine rings is 1. The van der Waals surface area contributed by atoms with Gasteiger partial charge in [-0.25, -0.2) is 4.98 Å². The Morgan fingerprint density at radius 2 is 1.70 bits per heavy atom. The summed E-state index contributed by atoms with van der Waals surface area (Å²) in [7, 11) is 0. The number of benzene rings is 1. The first-order valence-electron chi connectivity index (χ1n) is 5.87. The Kier molecular flexibility index (Phi) is 2.67. The molecular formula is C14H10F3N3. The molecule has 6 heteroatoms. The zero-order chi connectivity index (χ0) is 14.3. The van der Waals surface area contributed by atoms with Gasteiger partial charge in [-0.2, -0.15) is 13.2 Å². The van der Waals surface area contributed by atoms with Crippen LogP contribution in [-0.4, -0.2) is 9.38 Å². The lowest BCUT2D eigenvalue weighted by molar-refractivity contribution is -0.140. The monoisotopic (exact) mass is 277 g/mol. The van der Waals surface area contributed by atoms with Crippen molar-refractivity contribution in [3.8, 4) is 11.3 Å². The van der Waals surface area contributed by atoms with Crippen LogP contribution in [0.1, 0.15) is 5.69 Å². The summed E-state index contributed by atoms with van der Waals surface area (Å²) in [5, 5.41) is 0. The number of nitrogens with two attached hydrogens (primary N) is 1. The molecule has 0 aliphatic carbocycles. The maximum absolute atomic E-state index is 13.2. The van der Waals surface area contributed by atoms with Gasteiger partial charge in [0, 0.05) is 17.4 Å². The van der Waals surface area contributed by atoms with Crippen LogP contribution < -0.4 is 5.73 Å². The van der Waals surface area contributed by atoms with Gasteiger partial charge in [-0.1, -0.05) is 18.2 Å². The van der Waals surface area contributed by atoms with Crippen molar-refractivity contribution in [2.24, 2.45) is 0 Å². The number of nitrogen functional groups attached to an aromatic ring is 1. The lowest BCUT2D eigenvalue weighted by Crippen LogP contribution is -2.07. The highest BCUT2D eigenvalue weighted by atomic mass is 19.4. The molecule has 3 nitrogen and oxygen atoms in total. The van der Waals surface area contributed by atoms with Gasteiger partial charge in [0.2, 0.25) is 0 Å². The summed E-state index contributed by atoms with van der Waals surface area (Å²) in [5.41, 5.74) is 5.87. The minimum Gasteiger partial charge on any atom is -0.399 e. The van der Waals surface area contributed by atoms with E-state index in [-0.39, 0.29) is 11.3 Å². The number of hydrogen-bond donors (Lipinski definition) is 1. The second-order valence-corrected chi connectivity index (χ2v) is 4.36. The van der Waals surface area contributed by atoms with Gasteiger partial charge in [0.05, 0.1) is 5.69 Å². The summed E-state index contributed by atoms with van der Waals surface area (Å²) >= 11 is 0. The Balaban J connectivity index is 2.34. The molecule has 2 heterocycles. The number of fused-ring (bicyclic) bond motifs is 1. The molecule has 1 aromatic carbocycles. The molecule has 0 bridgehead atoms. The Bertz CT molecular complexity index is 757. The Labute approximate surface area is 112 Å². The molecule has 0 amide bonds. The highest BCUT2D eigenvalue weighted by Gasteiger charge is 2.38. The third-order valence-electron chi connectivity index (χ3n) is 2.98. The number of aromatic nitrogens is 2. The highest BCUT2D eigenvalue weighted by Crippen LogP contribution is 2.37. The van der Waals surface area contributed by atoms with E-state index >= 15 is 0 Å². The fraction of sp³-hybridized carbons (Fsp3) is 0.0714. The maximum Gasteiger partial charge on any atom is 0.435 e. The molecule has 2 N–H and O–H groups in total. The molecule has 0 aliphatic rings. The quantitative estimate of drug-likeness (QED) is 0.690. The van der Waals surface area contributed by atoms with Crippen LogP contribution in [0.4, 0.5) is 18.9 Å². The topological polar surface area (TPSA) is 43.3 Å². The van der Waals surface area contributed by atoms with E-state index in [4.69, 9.17) is 5.73 Å². The van der Waals surface area contributed by atoms with E-state index in [0.717, 1.165) is 0 Å². The van der Waals surface area contributed by atoms with Crippen LogP contribution in [0, 0.1) is 0 Å². The maximum atomic E-state index is 13.2. The van der Waals surface area contributed by atoms with Crippen molar-refractivity contribution in [2.45, 2.75) is 6.18 Å². The normalized spacial score (nSPS) is 11.9. The Hall–Kier alpha value is -2.50. The van der Waals surface area contributed by atoms with Crippen LogP contribution >= 0.6 is 0 Å². The van der Waals surface area contributed by atoms with E-state index in [1.54, 1.807) is 42.6 Å². The van der Waals surface area contributed by atoms with Gasteiger partial charge in [0.15, 0.2) is 5.69 Å². The SMILES string of the molecule is Nc1ccc(-c2c(C(F)(F)F)nc3ccccn23)cc1. The standard InChI is InChI=1S/C14H10F3N3/c15-14(16,17)13-12(9-4-6-10(18)7-5-9)20-8-2-1-3-11(20)19-13/h1-8H,18H2. The minimum absolute atomic E-state index is 0.0214. The van der Waals surface area contributed by atoms with Crippen molar-refractivity contribution in [1.29, 1.82) is 0 Å². The highest BCUT2D eigenvalue weighted by molar-refractivity contribution is 5.69. The molecular weight excluding hydrogens is 267 g/mol. The summed E-state index contributed by atoms with van der Waals surface area (Å²) in [4.78, 5) is 3.69. The lowest BCUT2D eigenvalue weighted by Gasteiger charge is -2.08. The van der Waals surface area contributed by atoms with Crippen molar-refractivity contribution in [3.63, 3.8) is 0 Å². The smallest absolute Gasteiger partial charge is 0.399 e. The first-order valence-corrected chi connectivity index (χ1v) is 5.87. The Morgan fingerprint density at radius 3 is 2.35 bits per heavy atom. The van der Waals surface area contributed by atoms with Crippen LogP contribution in [0.25, 0.3) is 16.9 Å². The largest absolute Gasteiger partial charge is 0.435 e. The van der Waals surface area contributed by atoms with E-state index in [0.29, 0.717) is 11.3 Å². The summed E-state index contributed by atoms with van der Waals surface area (Å²) < 4.78 is 40.9. The fourth-order valence-corrected chi connectivity index (χ4v) is 2.11. The van der Waals surface area contributed by atoms with E-state index in [1.807, 2.05) is 0 Å². The minimum atomic E-state index is -4.51. The summed E-state index contributed by atoms with van der Waals surface area (Å²) in [6.45, 7) is 0. The van der Waals surface area contributed by atoms with Crippen LogP contribution in [0.2, 0.25) is 0 Å². The van der Waals surface area contributed by atoms with Crippen molar-refractivity contribution < 1.29 is 13.2 Å². The van der Waals surface area contributed by atoms with Crippen molar-refractivity contribution >= 4 is 11.3 Å². The van der Waals surface area contributed by atoms with E-state index < -0.39 is 11.9 Å². The Morgan fingerprint density at radius 1 is 1.00 bits per heavy atom. The first-order chi connectivity index (χ1) is 9.47. The average Bonchev–Trinajstić information content (AvgIpc) is 2.79. The molecule has 0 unspecified atom stereocenters. The zero-order valence-corrected chi connectivity index (χ0v) is 10.2. The van der Waals surface area contributed by atoms with Gasteiger partial charge >= 0.3 is 6.18 Å². The predicted octanol–water partition coefficient (Wildman–Crippen LogP) is 3.60. The van der Waals surface area contributed by atoms with E-state index in [2.05, 4.69) is 4.98 Å². The third kappa shape index (κ3) is 1.99. The van der Waals surface area contributed by atoms with Gasteiger partial charge < -0.3 is 5.73 Å². The molecule has 3 aromatic rings. The molecule has 0 saturated heterocycles. The number of alkyl halides is 3. The molecule has 2 aromatic heterocycles. The summed E-state index contributed by atoms with van der Waals surface area (Å²) in [5.74, 6) is 0. The number of hydrogen-bond acceptors (Lipinski definition) is 2. The molecule has 0 fully saturated rings. The van der Waals surface area contributed by atoms with Crippen LogP contribution in [0.5, 0.6) is 0 Å². The second kappa shape index (κ2) is 4.26. The number of imidazole rings is 1. The molecule has 102 valence electrons. The average molecular weight is 277 g/mol. The molecule has 0 radical (unpaired) electrons. The first kappa shape index (κ1) is 12.5. The number of anilines is 1. The molecule has 3 rings (SSSR count). The van der Waals surface area contributed by atoms with Gasteiger partial charge in [-0.15, -0.1) is 0 Å². The number of halogens is 3. The van der Waals surface area contributed by atoms with Crippen molar-refractivity contribution in [3.05, 3.63) is 54.4 Å². The van der Waals surface area contributed by atoms with Crippen LogP contribution in [-0.2, 0) is 6.18 Å². The fourth-order valence-electron chi connectivity index (χ4n) is 2.11. The van der Waals surface area contributed by atoms with Gasteiger partial charge in [-0.05, 0) is 24.3 Å². The van der Waals surface area contributed by atoms with Gasteiger partial charge in [0.1, 0.15) is 5.65 Å². The molecule has 0 saturated carbocycles. The van der Waals surface area contributed by atoms with Gasteiger partial charge in [0.25, 0.3) is 0 Å². The lowest BCUT2D eigenvalue weighted by atomic mass is 10.1. The van der Waals surface area contributed by atoms with Crippen molar-refractivity contribution in [2.75, 3.05) is 5.73 Å². The van der Waals surface area contributed by atoms with Gasteiger partial charge in [-0.3, -0.25) is 4.40 Å². The third-order valence-corrected chi connectivity index (χ3v) is 2.98. The second-order valence-electron chi connectivity index (χ2n) is 4.36. The molecule has 20 heavy (non-hydrogen) atoms. The van der Waals surface area contributed by atoms with Crippen LogP contribution in [0.15, 0.2) is 48.7 Å². The van der Waals surface area contributed by atoms with E-state index in [9.17, 15) is 13.2 Å². The number of rotatable bonds is 1. The number of nitrogens with zero attached hydrogens (tertiary/aromatic N) is 2. The van der Waals surface area contributed by atoms with Crippen molar-refractivity contribution in [1.82, 2.24) is 9.38 Å². The predicted molar refractivity (Wildman–Crippen MR) is 70.0 cm³/mol. The van der Waals surface area contributed by atoms with Crippen LogP contribution in [0.3, 0.4) is 0 Å². The summed E-state index contributed by atoms with van der Waals surface area (Å²) in [6.07, 6.45) is -2.95. The zero-order valence-electron chi connectivity index (χ0n) is 10.2. The summed E-state index contributed by atoms with van der Waals surface area (Å²) in [6, 6.07) is 11.1. The molecule has 0 spiro atoms. The van der Waals surface area contributed by atoms with E-state index in [1.165, 1.54) is 10.5 Å².